The molecule has 0 atom stereocenters. The molecule has 1 aromatic carbocycles. The van der Waals surface area contributed by atoms with Gasteiger partial charge in [0, 0.05) is 28.6 Å². The van der Waals surface area contributed by atoms with Crippen molar-refractivity contribution in [2.75, 3.05) is 20.1 Å². The van der Waals surface area contributed by atoms with Crippen LogP contribution < -0.4 is 5.32 Å². The molecule has 1 aliphatic heterocycles. The van der Waals surface area contributed by atoms with Gasteiger partial charge in [0.25, 0.3) is 0 Å². The van der Waals surface area contributed by atoms with Gasteiger partial charge in [-0.2, -0.15) is 0 Å². The minimum absolute atomic E-state index is 0.644. The maximum absolute atomic E-state index is 3.46. The summed E-state index contributed by atoms with van der Waals surface area (Å²) in [6, 6.07) is 11.3. The molecule has 3 heteroatoms. The van der Waals surface area contributed by atoms with E-state index in [9.17, 15) is 0 Å². The van der Waals surface area contributed by atoms with Crippen molar-refractivity contribution in [2.45, 2.75) is 44.0 Å². The lowest BCUT2D eigenvalue weighted by atomic mass is 10.0. The number of rotatable bonds is 6. The maximum atomic E-state index is 3.46. The van der Waals surface area contributed by atoms with Crippen molar-refractivity contribution >= 4 is 11.8 Å². The van der Waals surface area contributed by atoms with Gasteiger partial charge >= 0.3 is 0 Å². The molecule has 1 N–H and O–H groups in total. The van der Waals surface area contributed by atoms with Crippen LogP contribution in [0.1, 0.15) is 33.1 Å². The van der Waals surface area contributed by atoms with Crippen LogP contribution in [-0.4, -0.2) is 31.1 Å². The predicted octanol–water partition coefficient (Wildman–Crippen LogP) is 4.66. The average molecular weight is 317 g/mol. The van der Waals surface area contributed by atoms with E-state index in [1.165, 1.54) is 28.3 Å². The maximum Gasteiger partial charge on any atom is 0.0462 e. The first-order chi connectivity index (χ1) is 10.8. The highest BCUT2D eigenvalue weighted by molar-refractivity contribution is 8.03. The largest absolute Gasteiger partial charge is 0.371 e. The molecule has 1 aromatic rings. The van der Waals surface area contributed by atoms with Gasteiger partial charge in [0.2, 0.25) is 0 Å². The highest BCUT2D eigenvalue weighted by Gasteiger charge is 2.20. The first kappa shape index (κ1) is 17.2. The topological polar surface area (TPSA) is 15.3 Å². The monoisotopic (exact) mass is 316 g/mol. The van der Waals surface area contributed by atoms with Crippen molar-refractivity contribution in [3.63, 3.8) is 0 Å². The third kappa shape index (κ3) is 4.65. The number of thioether (sulfide) groups is 1. The molecule has 0 radical (unpaired) electrons. The second kappa shape index (κ2) is 9.06. The summed E-state index contributed by atoms with van der Waals surface area (Å²) in [6.45, 7) is 6.62. The SMILES string of the molecule is C/C=C\C(=C(/CC)Sc1ccccc1)N(C)C1CCNCC1. The van der Waals surface area contributed by atoms with Gasteiger partial charge < -0.3 is 10.2 Å². The number of hydrogen-bond acceptors (Lipinski definition) is 3. The Morgan fingerprint density at radius 3 is 2.55 bits per heavy atom. The molecule has 1 saturated heterocycles. The van der Waals surface area contributed by atoms with Gasteiger partial charge in [-0.1, -0.05) is 43.0 Å². The Morgan fingerprint density at radius 2 is 1.95 bits per heavy atom. The van der Waals surface area contributed by atoms with E-state index in [1.807, 2.05) is 11.8 Å². The van der Waals surface area contributed by atoms with Crippen LogP contribution in [0.2, 0.25) is 0 Å². The van der Waals surface area contributed by atoms with E-state index >= 15 is 0 Å². The molecular weight excluding hydrogens is 288 g/mol. The molecule has 0 unspecified atom stereocenters. The van der Waals surface area contributed by atoms with E-state index in [4.69, 9.17) is 0 Å². The fourth-order valence-corrected chi connectivity index (χ4v) is 3.93. The summed E-state index contributed by atoms with van der Waals surface area (Å²) >= 11 is 1.90. The summed E-state index contributed by atoms with van der Waals surface area (Å²) in [7, 11) is 2.26. The Hall–Kier alpha value is -1.19. The lowest BCUT2D eigenvalue weighted by molar-refractivity contribution is 0.250. The first-order valence-electron chi connectivity index (χ1n) is 8.28. The Kier molecular flexibility index (Phi) is 7.07. The van der Waals surface area contributed by atoms with E-state index in [-0.39, 0.29) is 0 Å². The van der Waals surface area contributed by atoms with Crippen LogP contribution in [0.25, 0.3) is 0 Å². The van der Waals surface area contributed by atoms with Crippen LogP contribution in [0.4, 0.5) is 0 Å². The van der Waals surface area contributed by atoms with Gasteiger partial charge in [-0.25, -0.2) is 0 Å². The Bertz CT molecular complexity index is 501. The summed E-state index contributed by atoms with van der Waals surface area (Å²) in [5.74, 6) is 0. The molecule has 0 saturated carbocycles. The number of likely N-dealkylation sites (N-methyl/N-ethyl adjacent to an activating group) is 1. The van der Waals surface area contributed by atoms with E-state index in [0.717, 1.165) is 19.5 Å². The number of benzene rings is 1. The van der Waals surface area contributed by atoms with Crippen LogP contribution in [-0.2, 0) is 0 Å². The van der Waals surface area contributed by atoms with E-state index in [1.54, 1.807) is 0 Å². The van der Waals surface area contributed by atoms with Crippen LogP contribution in [0.3, 0.4) is 0 Å². The Morgan fingerprint density at radius 1 is 1.27 bits per heavy atom. The average Bonchev–Trinajstić information content (AvgIpc) is 2.59. The molecule has 0 aromatic heterocycles. The number of allylic oxidation sites excluding steroid dienone is 3. The third-order valence-electron chi connectivity index (χ3n) is 4.15. The van der Waals surface area contributed by atoms with Crippen molar-refractivity contribution < 1.29 is 0 Å². The second-order valence-corrected chi connectivity index (χ2v) is 6.84. The van der Waals surface area contributed by atoms with Gasteiger partial charge in [0.05, 0.1) is 0 Å². The second-order valence-electron chi connectivity index (χ2n) is 5.67. The Balaban J connectivity index is 2.24. The zero-order chi connectivity index (χ0) is 15.8. The molecule has 2 rings (SSSR count). The van der Waals surface area contributed by atoms with E-state index < -0.39 is 0 Å². The lowest BCUT2D eigenvalue weighted by Crippen LogP contribution is -2.40. The lowest BCUT2D eigenvalue weighted by Gasteiger charge is -2.35. The van der Waals surface area contributed by atoms with E-state index in [0.29, 0.717) is 6.04 Å². The van der Waals surface area contributed by atoms with Crippen LogP contribution >= 0.6 is 11.8 Å². The first-order valence-corrected chi connectivity index (χ1v) is 9.10. The van der Waals surface area contributed by atoms with Gasteiger partial charge in [0.1, 0.15) is 0 Å². The zero-order valence-electron chi connectivity index (χ0n) is 14.0. The van der Waals surface area contributed by atoms with Crippen molar-refractivity contribution in [3.05, 3.63) is 53.1 Å². The van der Waals surface area contributed by atoms with Crippen LogP contribution in [0.15, 0.2) is 58.0 Å². The summed E-state index contributed by atoms with van der Waals surface area (Å²) in [5.41, 5.74) is 1.38. The fraction of sp³-hybridized carbons (Fsp3) is 0.474. The van der Waals surface area contributed by atoms with E-state index in [2.05, 4.69) is 73.6 Å². The van der Waals surface area contributed by atoms with Crippen molar-refractivity contribution in [2.24, 2.45) is 0 Å². The zero-order valence-corrected chi connectivity index (χ0v) is 14.8. The fourth-order valence-electron chi connectivity index (χ4n) is 2.89. The van der Waals surface area contributed by atoms with Gasteiger partial charge in [-0.15, -0.1) is 0 Å². The van der Waals surface area contributed by atoms with Gasteiger partial charge in [-0.05, 0) is 57.5 Å². The highest BCUT2D eigenvalue weighted by Crippen LogP contribution is 2.33. The minimum atomic E-state index is 0.644. The van der Waals surface area contributed by atoms with Crippen LogP contribution in [0, 0.1) is 0 Å². The highest BCUT2D eigenvalue weighted by atomic mass is 32.2. The molecule has 2 nitrogen and oxygen atoms in total. The van der Waals surface area contributed by atoms with Crippen molar-refractivity contribution in [1.29, 1.82) is 0 Å². The number of hydrogen-bond donors (Lipinski definition) is 1. The summed E-state index contributed by atoms with van der Waals surface area (Å²) in [6.07, 6.45) is 7.95. The van der Waals surface area contributed by atoms with Gasteiger partial charge in [0.15, 0.2) is 0 Å². The molecule has 0 amide bonds. The molecular formula is C19H28N2S. The summed E-state index contributed by atoms with van der Waals surface area (Å²) < 4.78 is 0. The van der Waals surface area contributed by atoms with Gasteiger partial charge in [-0.3, -0.25) is 0 Å². The molecule has 1 aliphatic rings. The number of nitrogens with zero attached hydrogens (tertiary/aromatic N) is 1. The smallest absolute Gasteiger partial charge is 0.0462 e. The summed E-state index contributed by atoms with van der Waals surface area (Å²) in [4.78, 5) is 5.26. The Labute approximate surface area is 139 Å². The normalized spacial score (nSPS) is 17.6. The number of nitrogens with one attached hydrogen (secondary N) is 1. The molecule has 1 fully saturated rings. The minimum Gasteiger partial charge on any atom is -0.371 e. The summed E-state index contributed by atoms with van der Waals surface area (Å²) in [5, 5.41) is 3.46. The number of piperidine rings is 1. The van der Waals surface area contributed by atoms with Crippen LogP contribution in [0.5, 0.6) is 0 Å². The molecule has 0 aliphatic carbocycles. The molecule has 22 heavy (non-hydrogen) atoms. The molecule has 0 spiro atoms. The van der Waals surface area contributed by atoms with Crippen molar-refractivity contribution in [3.8, 4) is 0 Å². The molecule has 120 valence electrons. The molecule has 1 heterocycles. The van der Waals surface area contributed by atoms with Crippen molar-refractivity contribution in [1.82, 2.24) is 10.2 Å². The predicted molar refractivity (Wildman–Crippen MR) is 98.1 cm³/mol. The molecule has 0 bridgehead atoms. The standard InChI is InChI=1S/C19H28N2S/c1-4-9-18(21(3)16-12-14-20-15-13-16)19(5-2)22-17-10-7-6-8-11-17/h4,6-11,16,20H,5,12-15H2,1-3H3/b9-4-,19-18-. The quantitative estimate of drug-likeness (QED) is 0.607. The third-order valence-corrected chi connectivity index (χ3v) is 5.40.